The fourth-order valence-corrected chi connectivity index (χ4v) is 3.51. The van der Waals surface area contributed by atoms with Gasteiger partial charge in [0.2, 0.25) is 0 Å². The maximum atomic E-state index is 12.4. The number of ether oxygens (including phenoxy) is 1. The lowest BCUT2D eigenvalue weighted by molar-refractivity contribution is -0.123. The number of hydrogen-bond acceptors (Lipinski definition) is 3. The third-order valence-corrected chi connectivity index (χ3v) is 5.34. The predicted molar refractivity (Wildman–Crippen MR) is 123 cm³/mol. The topological polar surface area (TPSA) is 56.1 Å². The summed E-state index contributed by atoms with van der Waals surface area (Å²) >= 11 is 0. The Kier molecular flexibility index (Phi) is 6.32. The average molecular weight is 414 g/mol. The van der Waals surface area contributed by atoms with E-state index < -0.39 is 0 Å². The van der Waals surface area contributed by atoms with E-state index in [1.54, 1.807) is 0 Å². The van der Waals surface area contributed by atoms with Gasteiger partial charge in [-0.1, -0.05) is 61.0 Å². The Labute approximate surface area is 182 Å². The highest BCUT2D eigenvalue weighted by atomic mass is 16.5. The molecule has 5 heteroatoms. The van der Waals surface area contributed by atoms with Crippen molar-refractivity contribution in [2.45, 2.75) is 33.4 Å². The fourth-order valence-electron chi connectivity index (χ4n) is 3.51. The number of carbonyl (C=O) groups is 1. The van der Waals surface area contributed by atoms with E-state index in [2.05, 4.69) is 54.1 Å². The summed E-state index contributed by atoms with van der Waals surface area (Å²) in [5.74, 6) is 1.34. The number of amides is 1. The van der Waals surface area contributed by atoms with Crippen LogP contribution in [-0.4, -0.2) is 22.1 Å². The van der Waals surface area contributed by atoms with Crippen LogP contribution in [0.1, 0.15) is 29.4 Å². The van der Waals surface area contributed by atoms with Crippen molar-refractivity contribution in [3.05, 3.63) is 95.3 Å². The lowest BCUT2D eigenvalue weighted by atomic mass is 10.1. The lowest BCUT2D eigenvalue weighted by Crippen LogP contribution is -2.29. The maximum Gasteiger partial charge on any atom is 0.258 e. The molecule has 0 aliphatic rings. The number of aromatic nitrogens is 2. The summed E-state index contributed by atoms with van der Waals surface area (Å²) in [7, 11) is 0. The highest BCUT2D eigenvalue weighted by molar-refractivity contribution is 5.78. The molecule has 0 aliphatic carbocycles. The van der Waals surface area contributed by atoms with Gasteiger partial charge < -0.3 is 14.6 Å². The van der Waals surface area contributed by atoms with Crippen molar-refractivity contribution in [2.24, 2.45) is 0 Å². The maximum absolute atomic E-state index is 12.4. The molecule has 1 N–H and O–H groups in total. The molecule has 0 aliphatic heterocycles. The molecule has 1 heterocycles. The second-order valence-electron chi connectivity index (χ2n) is 7.65. The van der Waals surface area contributed by atoms with Crippen LogP contribution in [0.25, 0.3) is 11.0 Å². The summed E-state index contributed by atoms with van der Waals surface area (Å²) in [6, 6.07) is 24.3. The fraction of sp³-hybridized carbons (Fsp3) is 0.231. The molecule has 0 saturated carbocycles. The summed E-state index contributed by atoms with van der Waals surface area (Å²) < 4.78 is 7.77. The van der Waals surface area contributed by atoms with E-state index in [4.69, 9.17) is 9.72 Å². The van der Waals surface area contributed by atoms with Crippen LogP contribution in [0, 0.1) is 6.92 Å². The van der Waals surface area contributed by atoms with Crippen molar-refractivity contribution < 1.29 is 9.53 Å². The lowest BCUT2D eigenvalue weighted by Gasteiger charge is -2.11. The number of imidazole rings is 1. The molecule has 0 spiro atoms. The van der Waals surface area contributed by atoms with Crippen molar-refractivity contribution in [3.8, 4) is 5.75 Å². The molecular formula is C26H27N3O2. The Hall–Kier alpha value is -3.60. The number of rotatable bonds is 8. The number of para-hydroxylation sites is 2. The first-order chi connectivity index (χ1) is 15.1. The third-order valence-electron chi connectivity index (χ3n) is 5.34. The Bertz CT molecular complexity index is 1160. The van der Waals surface area contributed by atoms with Crippen molar-refractivity contribution in [1.82, 2.24) is 14.9 Å². The first-order valence-corrected chi connectivity index (χ1v) is 10.6. The molecule has 4 rings (SSSR count). The molecule has 1 amide bonds. The second kappa shape index (κ2) is 9.47. The van der Waals surface area contributed by atoms with Gasteiger partial charge in [0, 0.05) is 6.54 Å². The zero-order valence-electron chi connectivity index (χ0n) is 18.0. The minimum Gasteiger partial charge on any atom is -0.484 e. The second-order valence-corrected chi connectivity index (χ2v) is 7.65. The largest absolute Gasteiger partial charge is 0.484 e. The van der Waals surface area contributed by atoms with Crippen LogP contribution < -0.4 is 10.1 Å². The number of benzene rings is 3. The number of aryl methyl sites for hydroxylation is 2. The van der Waals surface area contributed by atoms with Crippen LogP contribution in [0.2, 0.25) is 0 Å². The Morgan fingerprint density at radius 1 is 0.968 bits per heavy atom. The van der Waals surface area contributed by atoms with Crippen molar-refractivity contribution in [2.75, 3.05) is 6.61 Å². The zero-order chi connectivity index (χ0) is 21.6. The standard InChI is InChI=1S/C26H27N3O2/c1-3-20-12-14-22(15-13-20)31-18-26(30)27-16-25-28-23-6-4-5-7-24(23)29(25)17-21-10-8-19(2)9-11-21/h4-15H,3,16-18H2,1-2H3,(H,27,30). The number of hydrogen-bond donors (Lipinski definition) is 1. The summed E-state index contributed by atoms with van der Waals surface area (Å²) in [6.45, 7) is 5.21. The molecule has 31 heavy (non-hydrogen) atoms. The Morgan fingerprint density at radius 2 is 1.68 bits per heavy atom. The van der Waals surface area contributed by atoms with Gasteiger partial charge in [0.1, 0.15) is 11.6 Å². The number of nitrogens with zero attached hydrogens (tertiary/aromatic N) is 2. The van der Waals surface area contributed by atoms with Crippen LogP contribution in [0.4, 0.5) is 0 Å². The van der Waals surface area contributed by atoms with E-state index in [1.807, 2.05) is 42.5 Å². The highest BCUT2D eigenvalue weighted by Gasteiger charge is 2.12. The molecule has 0 radical (unpaired) electrons. The first kappa shape index (κ1) is 20.7. The molecule has 1 aromatic heterocycles. The predicted octanol–water partition coefficient (Wildman–Crippen LogP) is 4.65. The molecule has 0 atom stereocenters. The van der Waals surface area contributed by atoms with E-state index in [9.17, 15) is 4.79 Å². The molecule has 3 aromatic carbocycles. The van der Waals surface area contributed by atoms with Crippen LogP contribution >= 0.6 is 0 Å². The quantitative estimate of drug-likeness (QED) is 0.457. The van der Waals surface area contributed by atoms with Gasteiger partial charge in [0.15, 0.2) is 6.61 Å². The number of carbonyl (C=O) groups excluding carboxylic acids is 1. The van der Waals surface area contributed by atoms with Gasteiger partial charge in [-0.3, -0.25) is 4.79 Å². The van der Waals surface area contributed by atoms with E-state index in [-0.39, 0.29) is 12.5 Å². The Morgan fingerprint density at radius 3 is 2.42 bits per heavy atom. The molecule has 0 bridgehead atoms. The Balaban J connectivity index is 1.43. The van der Waals surface area contributed by atoms with Crippen LogP contribution in [0.15, 0.2) is 72.8 Å². The molecule has 4 aromatic rings. The SMILES string of the molecule is CCc1ccc(OCC(=O)NCc2nc3ccccc3n2Cc2ccc(C)cc2)cc1. The van der Waals surface area contributed by atoms with E-state index in [0.29, 0.717) is 18.8 Å². The number of nitrogens with one attached hydrogen (secondary N) is 1. The molecule has 5 nitrogen and oxygen atoms in total. The van der Waals surface area contributed by atoms with Gasteiger partial charge >= 0.3 is 0 Å². The van der Waals surface area contributed by atoms with Gasteiger partial charge in [-0.05, 0) is 48.7 Å². The van der Waals surface area contributed by atoms with Gasteiger partial charge in [0.05, 0.1) is 17.6 Å². The minimum absolute atomic E-state index is 0.0241. The monoisotopic (exact) mass is 413 g/mol. The third kappa shape index (κ3) is 5.12. The first-order valence-electron chi connectivity index (χ1n) is 10.6. The van der Waals surface area contributed by atoms with Crippen molar-refractivity contribution in [1.29, 1.82) is 0 Å². The minimum atomic E-state index is -0.173. The normalized spacial score (nSPS) is 10.9. The van der Waals surface area contributed by atoms with Crippen LogP contribution in [0.3, 0.4) is 0 Å². The van der Waals surface area contributed by atoms with Gasteiger partial charge in [0.25, 0.3) is 5.91 Å². The number of fused-ring (bicyclic) bond motifs is 1. The van der Waals surface area contributed by atoms with E-state index in [1.165, 1.54) is 16.7 Å². The van der Waals surface area contributed by atoms with Crippen LogP contribution in [0.5, 0.6) is 5.75 Å². The molecule has 0 saturated heterocycles. The molecule has 0 fully saturated rings. The summed E-state index contributed by atoms with van der Waals surface area (Å²) in [5, 5.41) is 2.94. The smallest absolute Gasteiger partial charge is 0.258 e. The molecule has 158 valence electrons. The van der Waals surface area contributed by atoms with Crippen molar-refractivity contribution in [3.63, 3.8) is 0 Å². The van der Waals surface area contributed by atoms with E-state index >= 15 is 0 Å². The van der Waals surface area contributed by atoms with Crippen LogP contribution in [-0.2, 0) is 24.3 Å². The zero-order valence-corrected chi connectivity index (χ0v) is 18.0. The molecular weight excluding hydrogens is 386 g/mol. The van der Waals surface area contributed by atoms with E-state index in [0.717, 1.165) is 23.3 Å². The van der Waals surface area contributed by atoms with Gasteiger partial charge in [-0.2, -0.15) is 0 Å². The summed E-state index contributed by atoms with van der Waals surface area (Å²) in [5.41, 5.74) is 5.64. The molecule has 0 unspecified atom stereocenters. The summed E-state index contributed by atoms with van der Waals surface area (Å²) in [4.78, 5) is 17.1. The van der Waals surface area contributed by atoms with Crippen molar-refractivity contribution >= 4 is 16.9 Å². The summed E-state index contributed by atoms with van der Waals surface area (Å²) in [6.07, 6.45) is 0.977. The average Bonchev–Trinajstić information content (AvgIpc) is 3.15. The van der Waals surface area contributed by atoms with Gasteiger partial charge in [-0.25, -0.2) is 4.98 Å². The van der Waals surface area contributed by atoms with Gasteiger partial charge in [-0.15, -0.1) is 0 Å². The highest BCUT2D eigenvalue weighted by Crippen LogP contribution is 2.18.